The number of benzene rings is 3. The molecule has 0 aliphatic rings. The summed E-state index contributed by atoms with van der Waals surface area (Å²) in [5.41, 5.74) is 0. The Morgan fingerprint density at radius 3 is 0.957 bits per heavy atom. The van der Waals surface area contributed by atoms with Crippen molar-refractivity contribution in [2.45, 2.75) is 0 Å². The first-order valence-electron chi connectivity index (χ1n) is 6.89. The maximum absolute atomic E-state index is 5.84. The Labute approximate surface area is 147 Å². The predicted molar refractivity (Wildman–Crippen MR) is 98.5 cm³/mol. The molecule has 0 unspecified atom stereocenters. The van der Waals surface area contributed by atoms with E-state index < -0.39 is 8.60 Å². The summed E-state index contributed by atoms with van der Waals surface area (Å²) >= 11 is 0. The van der Waals surface area contributed by atoms with E-state index in [-0.39, 0.29) is 17.0 Å². The van der Waals surface area contributed by atoms with Gasteiger partial charge < -0.3 is 13.6 Å². The van der Waals surface area contributed by atoms with E-state index in [0.717, 1.165) is 0 Å². The quantitative estimate of drug-likeness (QED) is 0.481. The molecule has 0 radical (unpaired) electrons. The van der Waals surface area contributed by atoms with Crippen LogP contribution in [0.5, 0.6) is 17.2 Å². The molecule has 23 heavy (non-hydrogen) atoms. The number of hydrogen-bond donors (Lipinski definition) is 0. The van der Waals surface area contributed by atoms with Crippen LogP contribution in [-0.2, 0) is 0 Å². The van der Waals surface area contributed by atoms with Crippen molar-refractivity contribution in [3.63, 3.8) is 0 Å². The minimum atomic E-state index is -1.59. The SMILES string of the molecule is Br.c1ccc(OP(Oc2ccccc2)Oc2ccccc2)cc1. The van der Waals surface area contributed by atoms with Crippen molar-refractivity contribution in [2.24, 2.45) is 0 Å². The fourth-order valence-electron chi connectivity index (χ4n) is 1.76. The summed E-state index contributed by atoms with van der Waals surface area (Å²) in [5, 5.41) is 0. The lowest BCUT2D eigenvalue weighted by atomic mass is 10.3. The van der Waals surface area contributed by atoms with E-state index in [0.29, 0.717) is 17.2 Å². The molecule has 0 bridgehead atoms. The van der Waals surface area contributed by atoms with Gasteiger partial charge in [-0.3, -0.25) is 0 Å². The fraction of sp³-hybridized carbons (Fsp3) is 0. The predicted octanol–water partition coefficient (Wildman–Crippen LogP) is 6.03. The van der Waals surface area contributed by atoms with Gasteiger partial charge in [0.2, 0.25) is 0 Å². The number of para-hydroxylation sites is 3. The molecule has 3 nitrogen and oxygen atoms in total. The highest BCUT2D eigenvalue weighted by Crippen LogP contribution is 2.41. The molecular weight excluding hydrogens is 375 g/mol. The van der Waals surface area contributed by atoms with Crippen molar-refractivity contribution < 1.29 is 13.6 Å². The van der Waals surface area contributed by atoms with Gasteiger partial charge in [-0.25, -0.2) is 0 Å². The van der Waals surface area contributed by atoms with E-state index in [1.54, 1.807) is 0 Å². The normalized spacial score (nSPS) is 9.78. The van der Waals surface area contributed by atoms with Crippen LogP contribution in [0.25, 0.3) is 0 Å². The van der Waals surface area contributed by atoms with Crippen LogP contribution in [0.3, 0.4) is 0 Å². The first-order valence-corrected chi connectivity index (χ1v) is 7.99. The molecule has 0 heterocycles. The van der Waals surface area contributed by atoms with Gasteiger partial charge in [0.25, 0.3) is 0 Å². The van der Waals surface area contributed by atoms with Crippen LogP contribution in [0, 0.1) is 0 Å². The van der Waals surface area contributed by atoms with E-state index in [2.05, 4.69) is 0 Å². The van der Waals surface area contributed by atoms with Crippen LogP contribution in [0.2, 0.25) is 0 Å². The zero-order chi connectivity index (χ0) is 15.0. The summed E-state index contributed by atoms with van der Waals surface area (Å²) in [6.07, 6.45) is 0. The second kappa shape index (κ2) is 9.19. The Balaban J connectivity index is 0.00000192. The molecule has 0 N–H and O–H groups in total. The first kappa shape index (κ1) is 17.3. The van der Waals surface area contributed by atoms with Gasteiger partial charge in [0.1, 0.15) is 17.2 Å². The third kappa shape index (κ3) is 5.59. The third-order valence-corrected chi connectivity index (χ3v) is 3.85. The van der Waals surface area contributed by atoms with Crippen molar-refractivity contribution in [3.8, 4) is 17.2 Å². The van der Waals surface area contributed by atoms with Crippen LogP contribution in [0.1, 0.15) is 0 Å². The number of rotatable bonds is 6. The Morgan fingerprint density at radius 1 is 0.435 bits per heavy atom. The van der Waals surface area contributed by atoms with Gasteiger partial charge in [-0.05, 0) is 36.4 Å². The molecular formula is C18H16BrO3P. The molecule has 0 fully saturated rings. The van der Waals surface area contributed by atoms with Gasteiger partial charge in [0, 0.05) is 0 Å². The maximum Gasteiger partial charge on any atom is 0.530 e. The molecule has 0 amide bonds. The second-order valence-corrected chi connectivity index (χ2v) is 5.43. The van der Waals surface area contributed by atoms with Crippen LogP contribution in [-0.4, -0.2) is 0 Å². The lowest BCUT2D eigenvalue weighted by Gasteiger charge is -2.17. The van der Waals surface area contributed by atoms with Gasteiger partial charge in [0.15, 0.2) is 0 Å². The van der Waals surface area contributed by atoms with Crippen molar-refractivity contribution in [3.05, 3.63) is 91.0 Å². The molecule has 0 aromatic heterocycles. The van der Waals surface area contributed by atoms with Crippen LogP contribution in [0.15, 0.2) is 91.0 Å². The summed E-state index contributed by atoms with van der Waals surface area (Å²) in [5.74, 6) is 2.13. The topological polar surface area (TPSA) is 27.7 Å². The summed E-state index contributed by atoms with van der Waals surface area (Å²) in [4.78, 5) is 0. The highest BCUT2D eigenvalue weighted by Gasteiger charge is 2.19. The van der Waals surface area contributed by atoms with E-state index in [1.807, 2.05) is 91.0 Å². The van der Waals surface area contributed by atoms with E-state index >= 15 is 0 Å². The Bertz CT molecular complexity index is 582. The average Bonchev–Trinajstić information content (AvgIpc) is 2.57. The molecule has 0 atom stereocenters. The van der Waals surface area contributed by atoms with Gasteiger partial charge in [-0.1, -0.05) is 54.6 Å². The Hall–Kier alpha value is -2.03. The van der Waals surface area contributed by atoms with Crippen molar-refractivity contribution in [2.75, 3.05) is 0 Å². The van der Waals surface area contributed by atoms with E-state index in [9.17, 15) is 0 Å². The second-order valence-electron chi connectivity index (χ2n) is 4.44. The zero-order valence-electron chi connectivity index (χ0n) is 12.2. The summed E-state index contributed by atoms with van der Waals surface area (Å²) in [6.45, 7) is 0. The highest BCUT2D eigenvalue weighted by molar-refractivity contribution is 8.93. The van der Waals surface area contributed by atoms with Crippen molar-refractivity contribution >= 4 is 25.6 Å². The van der Waals surface area contributed by atoms with Gasteiger partial charge in [-0.15, -0.1) is 17.0 Å². The van der Waals surface area contributed by atoms with Crippen LogP contribution in [0.4, 0.5) is 0 Å². The zero-order valence-corrected chi connectivity index (χ0v) is 14.8. The minimum Gasteiger partial charge on any atom is -0.409 e. The van der Waals surface area contributed by atoms with Gasteiger partial charge in [-0.2, -0.15) is 0 Å². The van der Waals surface area contributed by atoms with Crippen molar-refractivity contribution in [1.82, 2.24) is 0 Å². The Kier molecular flexibility index (Phi) is 6.92. The summed E-state index contributed by atoms with van der Waals surface area (Å²) < 4.78 is 17.5. The monoisotopic (exact) mass is 390 g/mol. The number of hydrogen-bond acceptors (Lipinski definition) is 3. The Morgan fingerprint density at radius 2 is 0.696 bits per heavy atom. The summed E-state index contributed by atoms with van der Waals surface area (Å²) in [7, 11) is -1.59. The van der Waals surface area contributed by atoms with Gasteiger partial charge >= 0.3 is 8.60 Å². The molecule has 3 aromatic rings. The molecule has 3 aromatic carbocycles. The largest absolute Gasteiger partial charge is 0.530 e. The molecule has 0 spiro atoms. The van der Waals surface area contributed by atoms with E-state index in [4.69, 9.17) is 13.6 Å². The smallest absolute Gasteiger partial charge is 0.409 e. The molecule has 5 heteroatoms. The molecule has 0 aliphatic carbocycles. The number of halogens is 1. The van der Waals surface area contributed by atoms with Gasteiger partial charge in [0.05, 0.1) is 0 Å². The standard InChI is InChI=1S/C18H15O3P.BrH/c1-4-10-16(11-5-1)19-22(20-17-12-6-2-7-13-17)21-18-14-8-3-9-15-18;/h1-15H;1H. The molecule has 0 aliphatic heterocycles. The minimum absolute atomic E-state index is 0. The third-order valence-electron chi connectivity index (χ3n) is 2.77. The lowest BCUT2D eigenvalue weighted by molar-refractivity contribution is 0.388. The van der Waals surface area contributed by atoms with Crippen LogP contribution < -0.4 is 13.6 Å². The molecule has 0 saturated carbocycles. The van der Waals surface area contributed by atoms with Crippen molar-refractivity contribution in [1.29, 1.82) is 0 Å². The first-order chi connectivity index (χ1) is 10.9. The summed E-state index contributed by atoms with van der Waals surface area (Å²) in [6, 6.07) is 28.5. The van der Waals surface area contributed by atoms with E-state index in [1.165, 1.54) is 0 Å². The molecule has 118 valence electrons. The molecule has 3 rings (SSSR count). The average molecular weight is 391 g/mol. The fourth-order valence-corrected chi connectivity index (χ4v) is 2.75. The highest BCUT2D eigenvalue weighted by atomic mass is 79.9. The van der Waals surface area contributed by atoms with Crippen LogP contribution >= 0.6 is 25.6 Å². The molecule has 0 saturated heterocycles. The maximum atomic E-state index is 5.84. The lowest BCUT2D eigenvalue weighted by Crippen LogP contribution is -2.02.